The molecule has 0 aliphatic carbocycles. The number of nitrogens with zero attached hydrogens (tertiary/aromatic N) is 1. The van der Waals surface area contributed by atoms with E-state index in [9.17, 15) is 13.6 Å². The highest BCUT2D eigenvalue weighted by molar-refractivity contribution is 6.34. The van der Waals surface area contributed by atoms with Crippen molar-refractivity contribution in [3.8, 4) is 0 Å². The van der Waals surface area contributed by atoms with Crippen LogP contribution in [0.2, 0.25) is 5.02 Å². The zero-order valence-electron chi connectivity index (χ0n) is 8.95. The Labute approximate surface area is 106 Å². The molecular weight excluding hydrogens is 262 g/mol. The van der Waals surface area contributed by atoms with Gasteiger partial charge in [0.2, 0.25) is 0 Å². The van der Waals surface area contributed by atoms with Crippen LogP contribution >= 0.6 is 11.6 Å². The summed E-state index contributed by atoms with van der Waals surface area (Å²) in [6.07, 6.45) is 2.24. The maximum atomic E-state index is 13.4. The predicted octanol–water partition coefficient (Wildman–Crippen LogP) is 3.27. The maximum Gasteiger partial charge on any atom is 0.260 e. The highest BCUT2D eigenvalue weighted by Crippen LogP contribution is 2.20. The normalized spacial score (nSPS) is 10.2. The third-order valence-corrected chi connectivity index (χ3v) is 2.47. The van der Waals surface area contributed by atoms with E-state index >= 15 is 0 Å². The van der Waals surface area contributed by atoms with Gasteiger partial charge in [-0.1, -0.05) is 17.7 Å². The molecule has 3 nitrogen and oxygen atoms in total. The van der Waals surface area contributed by atoms with Gasteiger partial charge in [-0.2, -0.15) is 0 Å². The second-order valence-corrected chi connectivity index (χ2v) is 3.85. The first-order valence-corrected chi connectivity index (χ1v) is 5.31. The van der Waals surface area contributed by atoms with Crippen molar-refractivity contribution < 1.29 is 13.6 Å². The van der Waals surface area contributed by atoms with Crippen LogP contribution in [0.5, 0.6) is 0 Å². The second-order valence-electron chi connectivity index (χ2n) is 3.44. The monoisotopic (exact) mass is 268 g/mol. The molecular formula is C12H7ClF2N2O. The highest BCUT2D eigenvalue weighted by atomic mass is 35.5. The first-order chi connectivity index (χ1) is 8.58. The Kier molecular flexibility index (Phi) is 3.53. The van der Waals surface area contributed by atoms with Gasteiger partial charge in [-0.3, -0.25) is 9.78 Å². The lowest BCUT2D eigenvalue weighted by molar-refractivity contribution is 0.102. The van der Waals surface area contributed by atoms with E-state index in [1.807, 2.05) is 0 Å². The molecule has 0 aliphatic heterocycles. The number of hydrogen-bond donors (Lipinski definition) is 1. The number of amides is 1. The predicted molar refractivity (Wildman–Crippen MR) is 63.6 cm³/mol. The van der Waals surface area contributed by atoms with Crippen LogP contribution in [0.25, 0.3) is 0 Å². The van der Waals surface area contributed by atoms with Crippen LogP contribution in [0.4, 0.5) is 14.5 Å². The van der Waals surface area contributed by atoms with Gasteiger partial charge < -0.3 is 5.32 Å². The van der Waals surface area contributed by atoms with E-state index in [0.29, 0.717) is 0 Å². The van der Waals surface area contributed by atoms with Crippen molar-refractivity contribution in [3.63, 3.8) is 0 Å². The summed E-state index contributed by atoms with van der Waals surface area (Å²) in [5.41, 5.74) is -0.164. The van der Waals surface area contributed by atoms with Crippen LogP contribution < -0.4 is 5.32 Å². The molecule has 92 valence electrons. The van der Waals surface area contributed by atoms with Gasteiger partial charge in [0.15, 0.2) is 0 Å². The fraction of sp³-hybridized carbons (Fsp3) is 0. The van der Waals surface area contributed by atoms with Crippen molar-refractivity contribution in [2.75, 3.05) is 5.32 Å². The van der Waals surface area contributed by atoms with E-state index < -0.39 is 17.5 Å². The van der Waals surface area contributed by atoms with Crippen LogP contribution in [0.15, 0.2) is 36.7 Å². The number of carbonyl (C=O) groups excluding carboxylic acids is 1. The molecule has 1 N–H and O–H groups in total. The molecule has 0 aliphatic rings. The summed E-state index contributed by atoms with van der Waals surface area (Å²) in [7, 11) is 0. The van der Waals surface area contributed by atoms with Crippen molar-refractivity contribution in [3.05, 3.63) is 58.9 Å². The average molecular weight is 269 g/mol. The Hall–Kier alpha value is -2.01. The van der Waals surface area contributed by atoms with Gasteiger partial charge in [0.05, 0.1) is 28.7 Å². The molecule has 1 aromatic carbocycles. The molecule has 0 spiro atoms. The van der Waals surface area contributed by atoms with Crippen LogP contribution in [0.3, 0.4) is 0 Å². The SMILES string of the molecule is O=C(Nc1cncc(F)c1)c1c(F)cccc1Cl. The topological polar surface area (TPSA) is 42.0 Å². The lowest BCUT2D eigenvalue weighted by Gasteiger charge is -2.07. The molecule has 2 rings (SSSR count). The van der Waals surface area contributed by atoms with Gasteiger partial charge in [0.25, 0.3) is 5.91 Å². The maximum absolute atomic E-state index is 13.4. The molecule has 2 aromatic rings. The van der Waals surface area contributed by atoms with Crippen LogP contribution in [-0.4, -0.2) is 10.9 Å². The molecule has 1 amide bonds. The van der Waals surface area contributed by atoms with Crippen molar-refractivity contribution >= 4 is 23.2 Å². The third kappa shape index (κ3) is 2.62. The smallest absolute Gasteiger partial charge is 0.260 e. The van der Waals surface area contributed by atoms with E-state index in [1.54, 1.807) is 0 Å². The zero-order chi connectivity index (χ0) is 13.1. The number of pyridine rings is 1. The van der Waals surface area contributed by atoms with Crippen molar-refractivity contribution in [1.29, 1.82) is 0 Å². The van der Waals surface area contributed by atoms with E-state index in [0.717, 1.165) is 18.3 Å². The second kappa shape index (κ2) is 5.10. The van der Waals surface area contributed by atoms with Gasteiger partial charge in [-0.25, -0.2) is 8.78 Å². The molecule has 0 saturated carbocycles. The minimum Gasteiger partial charge on any atom is -0.320 e. The van der Waals surface area contributed by atoms with Crippen molar-refractivity contribution in [2.24, 2.45) is 0 Å². The van der Waals surface area contributed by atoms with Gasteiger partial charge in [0, 0.05) is 6.07 Å². The number of rotatable bonds is 2. The summed E-state index contributed by atoms with van der Waals surface area (Å²) < 4.78 is 26.3. The molecule has 0 fully saturated rings. The minimum atomic E-state index is -0.759. The molecule has 0 bridgehead atoms. The number of benzene rings is 1. The van der Waals surface area contributed by atoms with E-state index in [4.69, 9.17) is 11.6 Å². The number of hydrogen-bond acceptors (Lipinski definition) is 2. The molecule has 0 radical (unpaired) electrons. The van der Waals surface area contributed by atoms with E-state index in [1.165, 1.54) is 18.3 Å². The van der Waals surface area contributed by atoms with E-state index in [2.05, 4.69) is 10.3 Å². The third-order valence-electron chi connectivity index (χ3n) is 2.15. The molecule has 6 heteroatoms. The van der Waals surface area contributed by atoms with Gasteiger partial charge in [-0.05, 0) is 12.1 Å². The van der Waals surface area contributed by atoms with Crippen molar-refractivity contribution in [1.82, 2.24) is 4.98 Å². The Morgan fingerprint density at radius 1 is 1.28 bits per heavy atom. The molecule has 0 saturated heterocycles. The van der Waals surface area contributed by atoms with Gasteiger partial charge >= 0.3 is 0 Å². The lowest BCUT2D eigenvalue weighted by Crippen LogP contribution is -2.14. The summed E-state index contributed by atoms with van der Waals surface area (Å²) in [4.78, 5) is 15.3. The van der Waals surface area contributed by atoms with E-state index in [-0.39, 0.29) is 16.3 Å². The summed E-state index contributed by atoms with van der Waals surface area (Å²) in [6, 6.07) is 4.96. The first kappa shape index (κ1) is 12.4. The average Bonchev–Trinajstić information content (AvgIpc) is 2.28. The summed E-state index contributed by atoms with van der Waals surface area (Å²) >= 11 is 5.73. The summed E-state index contributed by atoms with van der Waals surface area (Å²) in [5, 5.41) is 2.30. The van der Waals surface area contributed by atoms with Crippen molar-refractivity contribution in [2.45, 2.75) is 0 Å². The summed E-state index contributed by atoms with van der Waals surface area (Å²) in [5.74, 6) is -2.11. The fourth-order valence-electron chi connectivity index (χ4n) is 1.39. The summed E-state index contributed by atoms with van der Waals surface area (Å²) in [6.45, 7) is 0. The van der Waals surface area contributed by atoms with Gasteiger partial charge in [-0.15, -0.1) is 0 Å². The Bertz CT molecular complexity index is 584. The number of nitrogens with one attached hydrogen (secondary N) is 1. The number of anilines is 1. The first-order valence-electron chi connectivity index (χ1n) is 4.94. The molecule has 0 atom stereocenters. The molecule has 1 heterocycles. The Morgan fingerprint density at radius 3 is 2.72 bits per heavy atom. The zero-order valence-corrected chi connectivity index (χ0v) is 9.71. The quantitative estimate of drug-likeness (QED) is 0.908. The Morgan fingerprint density at radius 2 is 2.06 bits per heavy atom. The standard InChI is InChI=1S/C12H7ClF2N2O/c13-9-2-1-3-10(15)11(9)12(18)17-8-4-7(14)5-16-6-8/h1-6H,(H,17,18). The van der Waals surface area contributed by atoms with Crippen LogP contribution in [-0.2, 0) is 0 Å². The highest BCUT2D eigenvalue weighted by Gasteiger charge is 2.15. The van der Waals surface area contributed by atoms with Crippen LogP contribution in [0, 0.1) is 11.6 Å². The fourth-order valence-corrected chi connectivity index (χ4v) is 1.64. The number of halogens is 3. The lowest BCUT2D eigenvalue weighted by atomic mass is 10.2. The molecule has 18 heavy (non-hydrogen) atoms. The van der Waals surface area contributed by atoms with Crippen LogP contribution in [0.1, 0.15) is 10.4 Å². The minimum absolute atomic E-state index is 0.0168. The molecule has 1 aromatic heterocycles. The van der Waals surface area contributed by atoms with Gasteiger partial charge in [0.1, 0.15) is 11.6 Å². The number of carbonyl (C=O) groups is 1. The largest absolute Gasteiger partial charge is 0.320 e. The molecule has 0 unspecified atom stereocenters. The Balaban J connectivity index is 2.28. The number of aromatic nitrogens is 1.